The van der Waals surface area contributed by atoms with Crippen molar-refractivity contribution in [1.82, 2.24) is 15.1 Å². The molecule has 0 unspecified atom stereocenters. The predicted molar refractivity (Wildman–Crippen MR) is 70.5 cm³/mol. The summed E-state index contributed by atoms with van der Waals surface area (Å²) in [4.78, 5) is 12.4. The van der Waals surface area contributed by atoms with Crippen molar-refractivity contribution in [3.63, 3.8) is 0 Å². The van der Waals surface area contributed by atoms with E-state index in [1.807, 2.05) is 30.3 Å². The van der Waals surface area contributed by atoms with E-state index >= 15 is 0 Å². The summed E-state index contributed by atoms with van der Waals surface area (Å²) >= 11 is 0. The molecule has 1 aliphatic heterocycles. The van der Waals surface area contributed by atoms with Gasteiger partial charge in [0.25, 0.3) is 0 Å². The minimum absolute atomic E-state index is 0.371. The second kappa shape index (κ2) is 4.64. The molecule has 6 heteroatoms. The lowest BCUT2D eigenvalue weighted by molar-refractivity contribution is 0.140. The summed E-state index contributed by atoms with van der Waals surface area (Å²) in [5.41, 5.74) is 2.87. The second-order valence-electron chi connectivity index (χ2n) is 4.47. The number of fused-ring (bicyclic) bond motifs is 1. The van der Waals surface area contributed by atoms with Crippen LogP contribution in [0.4, 0.5) is 16.3 Å². The number of amides is 1. The average molecular weight is 258 g/mol. The molecule has 0 fully saturated rings. The average Bonchev–Trinajstić information content (AvgIpc) is 2.82. The molecule has 0 saturated carbocycles. The third-order valence-electron chi connectivity index (χ3n) is 3.24. The van der Waals surface area contributed by atoms with Gasteiger partial charge in [-0.2, -0.15) is 5.10 Å². The Morgan fingerprint density at radius 2 is 2.16 bits per heavy atom. The molecule has 0 spiro atoms. The van der Waals surface area contributed by atoms with Gasteiger partial charge in [0, 0.05) is 29.9 Å². The largest absolute Gasteiger partial charge is 0.465 e. The van der Waals surface area contributed by atoms with Crippen LogP contribution in [0.5, 0.6) is 0 Å². The van der Waals surface area contributed by atoms with Crippen molar-refractivity contribution in [3.05, 3.63) is 41.6 Å². The van der Waals surface area contributed by atoms with E-state index in [9.17, 15) is 4.79 Å². The number of nitrogens with one attached hydrogen (secondary N) is 2. The molecule has 2 aromatic rings. The van der Waals surface area contributed by atoms with Gasteiger partial charge in [-0.3, -0.25) is 5.10 Å². The first-order valence-electron chi connectivity index (χ1n) is 6.10. The van der Waals surface area contributed by atoms with E-state index in [2.05, 4.69) is 15.5 Å². The van der Waals surface area contributed by atoms with Gasteiger partial charge in [0.1, 0.15) is 0 Å². The highest BCUT2D eigenvalue weighted by Crippen LogP contribution is 2.26. The maximum atomic E-state index is 11.0. The van der Waals surface area contributed by atoms with E-state index in [0.29, 0.717) is 25.3 Å². The van der Waals surface area contributed by atoms with Crippen molar-refractivity contribution in [3.8, 4) is 0 Å². The smallest absolute Gasteiger partial charge is 0.407 e. The quantitative estimate of drug-likeness (QED) is 0.771. The summed E-state index contributed by atoms with van der Waals surface area (Å²) in [6.07, 6.45) is -0.219. The van der Waals surface area contributed by atoms with Gasteiger partial charge < -0.3 is 15.3 Å². The molecule has 1 aliphatic rings. The van der Waals surface area contributed by atoms with Crippen LogP contribution in [0.15, 0.2) is 30.3 Å². The van der Waals surface area contributed by atoms with Crippen LogP contribution in [0.3, 0.4) is 0 Å². The van der Waals surface area contributed by atoms with Crippen molar-refractivity contribution < 1.29 is 9.90 Å². The number of carbonyl (C=O) groups is 1. The van der Waals surface area contributed by atoms with Gasteiger partial charge in [0.15, 0.2) is 5.82 Å². The van der Waals surface area contributed by atoms with Crippen LogP contribution >= 0.6 is 0 Å². The Hall–Kier alpha value is -2.50. The molecule has 2 heterocycles. The summed E-state index contributed by atoms with van der Waals surface area (Å²) in [5, 5.41) is 19.5. The van der Waals surface area contributed by atoms with Crippen LogP contribution in [0.25, 0.3) is 0 Å². The number of para-hydroxylation sites is 1. The van der Waals surface area contributed by atoms with Gasteiger partial charge in [-0.25, -0.2) is 4.79 Å². The Kier molecular flexibility index (Phi) is 2.83. The Morgan fingerprint density at radius 3 is 2.89 bits per heavy atom. The van der Waals surface area contributed by atoms with Gasteiger partial charge in [-0.05, 0) is 12.1 Å². The van der Waals surface area contributed by atoms with Crippen LogP contribution in [-0.4, -0.2) is 32.8 Å². The number of nitrogens with zero attached hydrogens (tertiary/aromatic N) is 2. The Morgan fingerprint density at radius 1 is 1.37 bits per heavy atom. The maximum absolute atomic E-state index is 11.0. The predicted octanol–water partition coefficient (Wildman–Crippen LogP) is 2.19. The second-order valence-corrected chi connectivity index (χ2v) is 4.47. The monoisotopic (exact) mass is 258 g/mol. The molecule has 0 bridgehead atoms. The molecule has 0 saturated heterocycles. The highest BCUT2D eigenvalue weighted by atomic mass is 16.4. The van der Waals surface area contributed by atoms with E-state index in [-0.39, 0.29) is 0 Å². The number of H-pyrrole nitrogens is 1. The summed E-state index contributed by atoms with van der Waals surface area (Å²) in [7, 11) is 0. The third-order valence-corrected chi connectivity index (χ3v) is 3.24. The number of hydrogen-bond acceptors (Lipinski definition) is 3. The van der Waals surface area contributed by atoms with Crippen molar-refractivity contribution in [2.45, 2.75) is 13.0 Å². The molecular weight excluding hydrogens is 244 g/mol. The van der Waals surface area contributed by atoms with Crippen LogP contribution in [0.1, 0.15) is 11.3 Å². The first kappa shape index (κ1) is 11.6. The zero-order valence-electron chi connectivity index (χ0n) is 10.3. The number of anilines is 2. The summed E-state index contributed by atoms with van der Waals surface area (Å²) in [6, 6.07) is 9.70. The highest BCUT2D eigenvalue weighted by Gasteiger charge is 2.24. The molecule has 6 nitrogen and oxygen atoms in total. The molecule has 0 aliphatic carbocycles. The Labute approximate surface area is 110 Å². The van der Waals surface area contributed by atoms with Gasteiger partial charge >= 0.3 is 6.09 Å². The van der Waals surface area contributed by atoms with Crippen molar-refractivity contribution in [2.24, 2.45) is 0 Å². The van der Waals surface area contributed by atoms with Crippen LogP contribution < -0.4 is 5.32 Å². The summed E-state index contributed by atoms with van der Waals surface area (Å²) in [5.74, 6) is 0.701. The Bertz CT molecular complexity index is 594. The number of benzene rings is 1. The molecule has 0 radical (unpaired) electrons. The number of rotatable bonds is 2. The van der Waals surface area contributed by atoms with Crippen LogP contribution in [-0.2, 0) is 13.0 Å². The fourth-order valence-electron chi connectivity index (χ4n) is 2.22. The minimum Gasteiger partial charge on any atom is -0.465 e. The third kappa shape index (κ3) is 2.24. The molecule has 1 amide bonds. The van der Waals surface area contributed by atoms with E-state index in [4.69, 9.17) is 5.11 Å². The normalized spacial score (nSPS) is 14.0. The standard InChI is InChI=1S/C13H14N4O2/c18-13(19)17-7-6-11-10(8-17)12(16-15-11)14-9-4-2-1-3-5-9/h1-5H,6-8H2,(H,18,19)(H2,14,15,16). The van der Waals surface area contributed by atoms with Gasteiger partial charge in [-0.15, -0.1) is 0 Å². The number of aromatic amines is 1. The molecule has 1 aromatic carbocycles. The maximum Gasteiger partial charge on any atom is 0.407 e. The summed E-state index contributed by atoms with van der Waals surface area (Å²) in [6.45, 7) is 0.881. The van der Waals surface area contributed by atoms with E-state index in [1.54, 1.807) is 0 Å². The lowest BCUT2D eigenvalue weighted by Crippen LogP contribution is -2.34. The lowest BCUT2D eigenvalue weighted by atomic mass is 10.1. The zero-order chi connectivity index (χ0) is 13.2. The molecule has 98 valence electrons. The van der Waals surface area contributed by atoms with Crippen molar-refractivity contribution in [2.75, 3.05) is 11.9 Å². The molecule has 1 aromatic heterocycles. The minimum atomic E-state index is -0.891. The topological polar surface area (TPSA) is 81.2 Å². The number of hydrogen-bond donors (Lipinski definition) is 3. The van der Waals surface area contributed by atoms with Crippen LogP contribution in [0, 0.1) is 0 Å². The Balaban J connectivity index is 1.85. The van der Waals surface area contributed by atoms with Crippen molar-refractivity contribution >= 4 is 17.6 Å². The fourth-order valence-corrected chi connectivity index (χ4v) is 2.22. The lowest BCUT2D eigenvalue weighted by Gasteiger charge is -2.24. The summed E-state index contributed by atoms with van der Waals surface area (Å²) < 4.78 is 0. The number of aromatic nitrogens is 2. The van der Waals surface area contributed by atoms with Gasteiger partial charge in [-0.1, -0.05) is 18.2 Å². The molecule has 3 rings (SSSR count). The van der Waals surface area contributed by atoms with Crippen LogP contribution in [0.2, 0.25) is 0 Å². The number of carboxylic acid groups (broad SMARTS) is 1. The van der Waals surface area contributed by atoms with Gasteiger partial charge in [0.2, 0.25) is 0 Å². The molecule has 0 atom stereocenters. The first-order valence-corrected chi connectivity index (χ1v) is 6.10. The van der Waals surface area contributed by atoms with E-state index in [1.165, 1.54) is 4.90 Å². The van der Waals surface area contributed by atoms with Crippen molar-refractivity contribution in [1.29, 1.82) is 0 Å². The first-order chi connectivity index (χ1) is 9.24. The van der Waals surface area contributed by atoms with E-state index < -0.39 is 6.09 Å². The van der Waals surface area contributed by atoms with Gasteiger partial charge in [0.05, 0.1) is 6.54 Å². The fraction of sp³-hybridized carbons (Fsp3) is 0.231. The SMILES string of the molecule is O=C(O)N1CCc2[nH]nc(Nc3ccccc3)c2C1. The zero-order valence-corrected chi connectivity index (χ0v) is 10.3. The molecular formula is C13H14N4O2. The van der Waals surface area contributed by atoms with E-state index in [0.717, 1.165) is 16.9 Å². The highest BCUT2D eigenvalue weighted by molar-refractivity contribution is 5.67. The molecule has 19 heavy (non-hydrogen) atoms. The molecule has 3 N–H and O–H groups in total.